The summed E-state index contributed by atoms with van der Waals surface area (Å²) in [4.78, 5) is 42.0. The number of aromatic nitrogens is 2. The van der Waals surface area contributed by atoms with Crippen molar-refractivity contribution >= 4 is 40.5 Å². The third kappa shape index (κ3) is 5.04. The lowest BCUT2D eigenvalue weighted by Gasteiger charge is -2.11. The Morgan fingerprint density at radius 1 is 0.933 bits per heavy atom. The Labute approximate surface area is 170 Å². The van der Waals surface area contributed by atoms with E-state index < -0.39 is 16.5 Å². The number of carbonyl (C=O) groups excluding carboxylic acids is 2. The number of hydrazine groups is 1. The van der Waals surface area contributed by atoms with Crippen LogP contribution in [0.15, 0.2) is 60.9 Å². The van der Waals surface area contributed by atoms with E-state index in [1.165, 1.54) is 6.92 Å². The molecule has 0 aliphatic heterocycles. The van der Waals surface area contributed by atoms with Gasteiger partial charge in [0.2, 0.25) is 17.5 Å². The van der Waals surface area contributed by atoms with Crippen LogP contribution in [-0.2, 0) is 4.79 Å². The summed E-state index contributed by atoms with van der Waals surface area (Å²) in [5, 5.41) is 17.1. The van der Waals surface area contributed by atoms with Gasteiger partial charge < -0.3 is 10.6 Å². The molecule has 0 radical (unpaired) electrons. The molecule has 11 heteroatoms. The van der Waals surface area contributed by atoms with Crippen molar-refractivity contribution in [2.75, 3.05) is 16.1 Å². The van der Waals surface area contributed by atoms with Gasteiger partial charge in [0.05, 0.1) is 4.92 Å². The SMILES string of the molecule is CC(=O)Nc1ccc(Nc2ncnc(NNC(=O)c3ccccc3)c2[N+](=O)[O-])cc1. The summed E-state index contributed by atoms with van der Waals surface area (Å²) in [5.41, 5.74) is 5.86. The minimum Gasteiger partial charge on any atom is -0.334 e. The fourth-order valence-corrected chi connectivity index (χ4v) is 2.49. The molecular formula is C19H17N7O4. The monoisotopic (exact) mass is 407 g/mol. The molecule has 0 saturated carbocycles. The minimum absolute atomic E-state index is 0.0706. The average Bonchev–Trinajstić information content (AvgIpc) is 2.73. The van der Waals surface area contributed by atoms with Gasteiger partial charge >= 0.3 is 5.69 Å². The summed E-state index contributed by atoms with van der Waals surface area (Å²) in [6.07, 6.45) is 1.12. The smallest absolute Gasteiger partial charge is 0.334 e. The maximum atomic E-state index is 12.2. The van der Waals surface area contributed by atoms with Crippen molar-refractivity contribution in [2.24, 2.45) is 0 Å². The first-order valence-corrected chi connectivity index (χ1v) is 8.69. The van der Waals surface area contributed by atoms with E-state index in [1.54, 1.807) is 54.6 Å². The average molecular weight is 407 g/mol. The molecular weight excluding hydrogens is 390 g/mol. The molecule has 3 aromatic rings. The third-order valence-corrected chi connectivity index (χ3v) is 3.80. The van der Waals surface area contributed by atoms with Crippen LogP contribution >= 0.6 is 0 Å². The maximum Gasteiger partial charge on any atom is 0.355 e. The summed E-state index contributed by atoms with van der Waals surface area (Å²) in [6.45, 7) is 1.39. The number of carbonyl (C=O) groups is 2. The van der Waals surface area contributed by atoms with E-state index in [0.717, 1.165) is 6.33 Å². The summed E-state index contributed by atoms with van der Waals surface area (Å²) >= 11 is 0. The van der Waals surface area contributed by atoms with Crippen molar-refractivity contribution in [2.45, 2.75) is 6.92 Å². The molecule has 0 fully saturated rings. The molecule has 0 atom stereocenters. The van der Waals surface area contributed by atoms with Crippen molar-refractivity contribution in [3.05, 3.63) is 76.6 Å². The fourth-order valence-electron chi connectivity index (χ4n) is 2.49. The van der Waals surface area contributed by atoms with E-state index in [4.69, 9.17) is 0 Å². The van der Waals surface area contributed by atoms with Gasteiger partial charge in [-0.25, -0.2) is 9.97 Å². The van der Waals surface area contributed by atoms with Crippen LogP contribution in [0.4, 0.5) is 28.7 Å². The van der Waals surface area contributed by atoms with E-state index in [0.29, 0.717) is 16.9 Å². The predicted molar refractivity (Wildman–Crippen MR) is 110 cm³/mol. The summed E-state index contributed by atoms with van der Waals surface area (Å²) < 4.78 is 0. The molecule has 2 aromatic carbocycles. The number of rotatable bonds is 7. The van der Waals surface area contributed by atoms with Crippen molar-refractivity contribution in [3.63, 3.8) is 0 Å². The second-order valence-electron chi connectivity index (χ2n) is 6.01. The van der Waals surface area contributed by atoms with Gasteiger partial charge in [-0.05, 0) is 36.4 Å². The molecule has 0 saturated heterocycles. The number of hydrogen-bond donors (Lipinski definition) is 4. The van der Waals surface area contributed by atoms with E-state index in [9.17, 15) is 19.7 Å². The number of nitrogens with zero attached hydrogens (tertiary/aromatic N) is 3. The molecule has 0 aliphatic carbocycles. The Balaban J connectivity index is 1.78. The van der Waals surface area contributed by atoms with E-state index >= 15 is 0 Å². The van der Waals surface area contributed by atoms with Crippen LogP contribution in [0.1, 0.15) is 17.3 Å². The number of nitrogens with one attached hydrogen (secondary N) is 4. The molecule has 3 rings (SSSR count). The van der Waals surface area contributed by atoms with Crippen LogP contribution in [0.3, 0.4) is 0 Å². The normalized spacial score (nSPS) is 10.0. The first-order valence-electron chi connectivity index (χ1n) is 8.69. The van der Waals surface area contributed by atoms with Gasteiger partial charge in [0.15, 0.2) is 0 Å². The van der Waals surface area contributed by atoms with Crippen LogP contribution in [0, 0.1) is 10.1 Å². The molecule has 0 bridgehead atoms. The van der Waals surface area contributed by atoms with Gasteiger partial charge in [0, 0.05) is 23.9 Å². The Morgan fingerprint density at radius 3 is 2.20 bits per heavy atom. The lowest BCUT2D eigenvalue weighted by molar-refractivity contribution is -0.383. The highest BCUT2D eigenvalue weighted by molar-refractivity contribution is 5.95. The van der Waals surface area contributed by atoms with E-state index in [2.05, 4.69) is 31.5 Å². The standard InChI is InChI=1S/C19H17N7O4/c1-12(27)22-14-7-9-15(10-8-14)23-17-16(26(29)30)18(21-11-20-17)24-25-19(28)13-5-3-2-4-6-13/h2-11H,1H3,(H,22,27)(H,25,28)(H2,20,21,23,24). The Hall–Kier alpha value is -4.54. The molecule has 11 nitrogen and oxygen atoms in total. The minimum atomic E-state index is -0.662. The Kier molecular flexibility index (Phi) is 6.13. The third-order valence-electron chi connectivity index (χ3n) is 3.80. The number of hydrogen-bond acceptors (Lipinski definition) is 8. The van der Waals surface area contributed by atoms with Crippen LogP contribution in [0.5, 0.6) is 0 Å². The summed E-state index contributed by atoms with van der Waals surface area (Å²) in [5.74, 6) is -0.947. The number of anilines is 4. The van der Waals surface area contributed by atoms with Gasteiger partial charge in [-0.3, -0.25) is 30.6 Å². The number of nitro groups is 1. The van der Waals surface area contributed by atoms with Crippen LogP contribution in [-0.4, -0.2) is 26.7 Å². The molecule has 1 heterocycles. The lowest BCUT2D eigenvalue weighted by Crippen LogP contribution is -2.30. The maximum absolute atomic E-state index is 12.2. The van der Waals surface area contributed by atoms with Gasteiger partial charge in [-0.2, -0.15) is 0 Å². The highest BCUT2D eigenvalue weighted by atomic mass is 16.6. The highest BCUT2D eigenvalue weighted by Gasteiger charge is 2.23. The first kappa shape index (κ1) is 20.2. The van der Waals surface area contributed by atoms with Gasteiger partial charge in [0.25, 0.3) is 5.91 Å². The fraction of sp³-hybridized carbons (Fsp3) is 0.0526. The van der Waals surface area contributed by atoms with Crippen molar-refractivity contribution in [1.29, 1.82) is 0 Å². The van der Waals surface area contributed by atoms with Gasteiger partial charge in [0.1, 0.15) is 6.33 Å². The molecule has 4 N–H and O–H groups in total. The first-order chi connectivity index (χ1) is 14.4. The van der Waals surface area contributed by atoms with Gasteiger partial charge in [-0.15, -0.1) is 0 Å². The molecule has 30 heavy (non-hydrogen) atoms. The molecule has 0 spiro atoms. The Bertz CT molecular complexity index is 1070. The largest absolute Gasteiger partial charge is 0.355 e. The Morgan fingerprint density at radius 2 is 1.57 bits per heavy atom. The molecule has 1 aromatic heterocycles. The van der Waals surface area contributed by atoms with E-state index in [1.807, 2.05) is 0 Å². The van der Waals surface area contributed by atoms with Crippen LogP contribution in [0.2, 0.25) is 0 Å². The zero-order chi connectivity index (χ0) is 21.5. The second-order valence-corrected chi connectivity index (χ2v) is 6.01. The topological polar surface area (TPSA) is 151 Å². The van der Waals surface area contributed by atoms with Crippen LogP contribution < -0.4 is 21.5 Å². The second kappa shape index (κ2) is 9.10. The zero-order valence-electron chi connectivity index (χ0n) is 15.7. The van der Waals surface area contributed by atoms with Crippen molar-refractivity contribution in [1.82, 2.24) is 15.4 Å². The molecule has 0 aliphatic rings. The van der Waals surface area contributed by atoms with Gasteiger partial charge in [-0.1, -0.05) is 18.2 Å². The molecule has 0 unspecified atom stereocenters. The summed E-state index contributed by atoms with van der Waals surface area (Å²) in [7, 11) is 0. The number of amides is 2. The molecule has 2 amide bonds. The van der Waals surface area contributed by atoms with Crippen molar-refractivity contribution < 1.29 is 14.5 Å². The molecule has 152 valence electrons. The zero-order valence-corrected chi connectivity index (χ0v) is 15.7. The lowest BCUT2D eigenvalue weighted by atomic mass is 10.2. The highest BCUT2D eigenvalue weighted by Crippen LogP contribution is 2.31. The predicted octanol–water partition coefficient (Wildman–Crippen LogP) is 2.84. The van der Waals surface area contributed by atoms with E-state index in [-0.39, 0.29) is 17.5 Å². The summed E-state index contributed by atoms with van der Waals surface area (Å²) in [6, 6.07) is 14.9. The quantitative estimate of drug-likeness (QED) is 0.345. The van der Waals surface area contributed by atoms with Crippen molar-refractivity contribution in [3.8, 4) is 0 Å². The number of benzene rings is 2. The van der Waals surface area contributed by atoms with Crippen LogP contribution in [0.25, 0.3) is 0 Å².